The molecule has 0 spiro atoms. The van der Waals surface area contributed by atoms with E-state index < -0.39 is 12.1 Å². The molecule has 2 N–H and O–H groups in total. The van der Waals surface area contributed by atoms with E-state index in [9.17, 15) is 18.0 Å². The summed E-state index contributed by atoms with van der Waals surface area (Å²) in [5.74, 6) is -2.76. The van der Waals surface area contributed by atoms with E-state index in [0.29, 0.717) is 6.54 Å². The predicted molar refractivity (Wildman–Crippen MR) is 111 cm³/mol. The molecule has 1 aromatic carbocycles. The molecule has 2 aliphatic heterocycles. The SMILES string of the molecule is O=C(Nc1ccccc1)N1CCCn2cnc(CN3CCCC3)c2C1.O=C(O)C(F)(F)F. The molecule has 0 unspecified atom stereocenters. The number of anilines is 1. The number of urea groups is 1. The lowest BCUT2D eigenvalue weighted by molar-refractivity contribution is -0.192. The molecule has 3 heterocycles. The number of halogens is 3. The number of nitrogens with zero attached hydrogens (tertiary/aromatic N) is 4. The van der Waals surface area contributed by atoms with Gasteiger partial charge in [0.1, 0.15) is 0 Å². The number of carbonyl (C=O) groups excluding carboxylic acids is 1. The Morgan fingerprint density at radius 2 is 1.69 bits per heavy atom. The second kappa shape index (κ2) is 10.5. The van der Waals surface area contributed by atoms with E-state index in [4.69, 9.17) is 9.90 Å². The third-order valence-electron chi connectivity index (χ3n) is 5.33. The summed E-state index contributed by atoms with van der Waals surface area (Å²) in [7, 11) is 0. The smallest absolute Gasteiger partial charge is 0.475 e. The highest BCUT2D eigenvalue weighted by molar-refractivity contribution is 5.89. The van der Waals surface area contributed by atoms with Crippen molar-refractivity contribution >= 4 is 17.7 Å². The first-order valence-electron chi connectivity index (χ1n) is 10.4. The van der Waals surface area contributed by atoms with Crippen LogP contribution in [0.15, 0.2) is 36.7 Å². The van der Waals surface area contributed by atoms with Gasteiger partial charge in [-0.15, -0.1) is 0 Å². The van der Waals surface area contributed by atoms with Crippen LogP contribution < -0.4 is 5.32 Å². The number of carboxylic acid groups (broad SMARTS) is 1. The molecular weight excluding hydrogens is 427 g/mol. The van der Waals surface area contributed by atoms with Crippen molar-refractivity contribution in [1.29, 1.82) is 0 Å². The number of imidazole rings is 1. The normalized spacial score (nSPS) is 16.5. The molecule has 0 radical (unpaired) electrons. The van der Waals surface area contributed by atoms with Gasteiger partial charge in [0.2, 0.25) is 0 Å². The summed E-state index contributed by atoms with van der Waals surface area (Å²) in [5, 5.41) is 10.1. The van der Waals surface area contributed by atoms with Crippen LogP contribution in [0, 0.1) is 0 Å². The number of aromatic nitrogens is 2. The molecule has 2 aromatic rings. The van der Waals surface area contributed by atoms with E-state index in [0.717, 1.165) is 50.5 Å². The summed E-state index contributed by atoms with van der Waals surface area (Å²) in [6, 6.07) is 9.61. The molecule has 174 valence electrons. The van der Waals surface area contributed by atoms with Crippen molar-refractivity contribution in [3.05, 3.63) is 48.0 Å². The van der Waals surface area contributed by atoms with Crippen LogP contribution in [0.4, 0.5) is 23.7 Å². The molecule has 1 aromatic heterocycles. The lowest BCUT2D eigenvalue weighted by Crippen LogP contribution is -2.35. The zero-order valence-corrected chi connectivity index (χ0v) is 17.5. The average Bonchev–Trinajstić information content (AvgIpc) is 3.33. The number of para-hydroxylation sites is 1. The van der Waals surface area contributed by atoms with Crippen molar-refractivity contribution in [2.24, 2.45) is 0 Å². The van der Waals surface area contributed by atoms with Crippen LogP contribution in [0.3, 0.4) is 0 Å². The van der Waals surface area contributed by atoms with Crippen LogP contribution in [0.1, 0.15) is 30.7 Å². The Labute approximate surface area is 183 Å². The molecule has 2 aliphatic rings. The number of carbonyl (C=O) groups is 2. The number of alkyl halides is 3. The first-order chi connectivity index (χ1) is 15.2. The molecule has 1 fully saturated rings. The maximum Gasteiger partial charge on any atom is 0.490 e. The number of aryl methyl sites for hydroxylation is 1. The van der Waals surface area contributed by atoms with Gasteiger partial charge < -0.3 is 19.9 Å². The molecule has 32 heavy (non-hydrogen) atoms. The summed E-state index contributed by atoms with van der Waals surface area (Å²) in [4.78, 5) is 30.6. The second-order valence-electron chi connectivity index (χ2n) is 7.69. The zero-order chi connectivity index (χ0) is 23.1. The average molecular weight is 453 g/mol. The fraction of sp³-hybridized carbons (Fsp3) is 0.476. The summed E-state index contributed by atoms with van der Waals surface area (Å²) < 4.78 is 34.0. The van der Waals surface area contributed by atoms with Crippen molar-refractivity contribution in [2.75, 3.05) is 25.0 Å². The molecule has 11 heteroatoms. The van der Waals surface area contributed by atoms with Crippen LogP contribution in [-0.2, 0) is 24.4 Å². The fourth-order valence-electron chi connectivity index (χ4n) is 3.70. The Morgan fingerprint density at radius 3 is 2.31 bits per heavy atom. The summed E-state index contributed by atoms with van der Waals surface area (Å²) in [5.41, 5.74) is 3.15. The quantitative estimate of drug-likeness (QED) is 0.742. The molecule has 0 aliphatic carbocycles. The number of nitrogens with one attached hydrogen (secondary N) is 1. The lowest BCUT2D eigenvalue weighted by Gasteiger charge is -2.22. The number of benzene rings is 1. The van der Waals surface area contributed by atoms with E-state index in [2.05, 4.69) is 19.8 Å². The Kier molecular flexibility index (Phi) is 7.73. The first-order valence-corrected chi connectivity index (χ1v) is 10.4. The highest BCUT2D eigenvalue weighted by Gasteiger charge is 2.38. The highest BCUT2D eigenvalue weighted by atomic mass is 19.4. The van der Waals surface area contributed by atoms with Crippen molar-refractivity contribution in [3.8, 4) is 0 Å². The topological polar surface area (TPSA) is 90.7 Å². The molecule has 0 atom stereocenters. The largest absolute Gasteiger partial charge is 0.490 e. The number of fused-ring (bicyclic) bond motifs is 1. The van der Waals surface area contributed by atoms with Gasteiger partial charge in [-0.05, 0) is 44.5 Å². The molecule has 0 bridgehead atoms. The Morgan fingerprint density at radius 1 is 1.03 bits per heavy atom. The summed E-state index contributed by atoms with van der Waals surface area (Å²) in [6.45, 7) is 5.54. The highest BCUT2D eigenvalue weighted by Crippen LogP contribution is 2.20. The van der Waals surface area contributed by atoms with E-state index in [1.54, 1.807) is 0 Å². The third kappa shape index (κ3) is 6.46. The van der Waals surface area contributed by atoms with Gasteiger partial charge in [-0.2, -0.15) is 13.2 Å². The van der Waals surface area contributed by atoms with E-state index in [1.807, 2.05) is 41.6 Å². The van der Waals surface area contributed by atoms with Crippen LogP contribution in [-0.4, -0.2) is 62.3 Å². The molecular formula is C21H26F3N5O3. The number of aliphatic carboxylic acids is 1. The summed E-state index contributed by atoms with van der Waals surface area (Å²) in [6.07, 6.45) is 0.372. The van der Waals surface area contributed by atoms with Crippen molar-refractivity contribution in [2.45, 2.75) is 45.1 Å². The number of hydrogen-bond acceptors (Lipinski definition) is 4. The number of amides is 2. The zero-order valence-electron chi connectivity index (χ0n) is 17.5. The van der Waals surface area contributed by atoms with Crippen LogP contribution >= 0.6 is 0 Å². The molecule has 8 nitrogen and oxygen atoms in total. The number of carboxylic acids is 1. The van der Waals surface area contributed by atoms with Gasteiger partial charge in [-0.3, -0.25) is 4.90 Å². The minimum Gasteiger partial charge on any atom is -0.475 e. The number of likely N-dealkylation sites (tertiary alicyclic amines) is 1. The first kappa shape index (κ1) is 23.6. The molecule has 4 rings (SSSR count). The maximum absolute atomic E-state index is 12.7. The van der Waals surface area contributed by atoms with Crippen molar-refractivity contribution < 1.29 is 27.9 Å². The van der Waals surface area contributed by atoms with Crippen molar-refractivity contribution in [1.82, 2.24) is 19.4 Å². The van der Waals surface area contributed by atoms with Gasteiger partial charge >= 0.3 is 18.2 Å². The van der Waals surface area contributed by atoms with Crippen LogP contribution in [0.5, 0.6) is 0 Å². The van der Waals surface area contributed by atoms with Crippen LogP contribution in [0.2, 0.25) is 0 Å². The fourth-order valence-corrected chi connectivity index (χ4v) is 3.70. The van der Waals surface area contributed by atoms with Gasteiger partial charge in [-0.1, -0.05) is 18.2 Å². The third-order valence-corrected chi connectivity index (χ3v) is 5.33. The molecule has 0 saturated carbocycles. The van der Waals surface area contributed by atoms with Crippen LogP contribution in [0.25, 0.3) is 0 Å². The van der Waals surface area contributed by atoms with E-state index >= 15 is 0 Å². The monoisotopic (exact) mass is 453 g/mol. The molecule has 1 saturated heterocycles. The number of hydrogen-bond donors (Lipinski definition) is 2. The summed E-state index contributed by atoms with van der Waals surface area (Å²) >= 11 is 0. The van der Waals surface area contributed by atoms with E-state index in [-0.39, 0.29) is 6.03 Å². The minimum atomic E-state index is -5.08. The van der Waals surface area contributed by atoms with Gasteiger partial charge in [0.05, 0.1) is 24.3 Å². The van der Waals surface area contributed by atoms with Gasteiger partial charge in [0.25, 0.3) is 0 Å². The van der Waals surface area contributed by atoms with Gasteiger partial charge in [-0.25, -0.2) is 14.6 Å². The standard InChI is InChI=1S/C19H25N5O.C2HF3O2/c25-19(21-16-7-2-1-3-8-16)23-11-6-12-24-15-20-17(18(24)14-23)13-22-9-4-5-10-22;3-2(4,5)1(6)7/h1-3,7-8,15H,4-6,9-14H2,(H,21,25);(H,6,7). The van der Waals surface area contributed by atoms with Gasteiger partial charge in [0.15, 0.2) is 0 Å². The molecule has 2 amide bonds. The van der Waals surface area contributed by atoms with Gasteiger partial charge in [0, 0.05) is 25.3 Å². The second-order valence-corrected chi connectivity index (χ2v) is 7.69. The Hall–Kier alpha value is -3.08. The maximum atomic E-state index is 12.7. The van der Waals surface area contributed by atoms with Crippen molar-refractivity contribution in [3.63, 3.8) is 0 Å². The lowest BCUT2D eigenvalue weighted by atomic mass is 10.2. The number of rotatable bonds is 3. The predicted octanol–water partition coefficient (Wildman–Crippen LogP) is 3.55. The minimum absolute atomic E-state index is 0.0343. The Balaban J connectivity index is 0.000000360. The Bertz CT molecular complexity index is 911. The van der Waals surface area contributed by atoms with E-state index in [1.165, 1.54) is 18.5 Å².